The smallest absolute Gasteiger partial charge is 0.136 e. The molecule has 0 saturated carbocycles. The Kier molecular flexibility index (Phi) is 6.90. The first-order chi connectivity index (χ1) is 26.8. The lowest BCUT2D eigenvalue weighted by Crippen LogP contribution is -2.10. The van der Waals surface area contributed by atoms with Crippen LogP contribution in [0.25, 0.3) is 87.3 Å². The first-order valence-corrected chi connectivity index (χ1v) is 18.5. The maximum atomic E-state index is 6.37. The first kappa shape index (κ1) is 30.5. The summed E-state index contributed by atoms with van der Waals surface area (Å²) in [5, 5.41) is 12.2. The Morgan fingerprint density at radius 3 is 1.76 bits per heavy atom. The fourth-order valence-electron chi connectivity index (χ4n) is 8.53. The SMILES string of the molecule is c1ccc(-c2ccc(N(c3cccc(-c4ccc5c6ccccc6c6c(ccc7oc8ccccc8c76)c5c4)c3)c3cccc4ccccc34)cc2)cc1. The van der Waals surface area contributed by atoms with Crippen molar-refractivity contribution < 1.29 is 4.42 Å². The molecule has 0 radical (unpaired) electrons. The molecule has 2 nitrogen and oxygen atoms in total. The summed E-state index contributed by atoms with van der Waals surface area (Å²) in [6.45, 7) is 0. The summed E-state index contributed by atoms with van der Waals surface area (Å²) in [6.07, 6.45) is 0. The number of hydrogen-bond donors (Lipinski definition) is 0. The number of para-hydroxylation sites is 1. The summed E-state index contributed by atoms with van der Waals surface area (Å²) in [5.41, 5.74) is 9.94. The van der Waals surface area contributed by atoms with Gasteiger partial charge in [0.15, 0.2) is 0 Å². The van der Waals surface area contributed by atoms with Gasteiger partial charge in [0.05, 0.1) is 5.69 Å². The van der Waals surface area contributed by atoms with E-state index in [1.165, 1.54) is 65.2 Å². The first-order valence-electron chi connectivity index (χ1n) is 18.5. The second-order valence-corrected chi connectivity index (χ2v) is 14.1. The van der Waals surface area contributed by atoms with Gasteiger partial charge in [0, 0.05) is 32.9 Å². The molecule has 2 heteroatoms. The van der Waals surface area contributed by atoms with Gasteiger partial charge in [0.25, 0.3) is 0 Å². The molecule has 11 aromatic rings. The molecule has 0 N–H and O–H groups in total. The van der Waals surface area contributed by atoms with Gasteiger partial charge < -0.3 is 9.32 Å². The number of hydrogen-bond acceptors (Lipinski definition) is 2. The number of fused-ring (bicyclic) bond motifs is 11. The third-order valence-corrected chi connectivity index (χ3v) is 11.0. The molecular formula is C52H33NO. The van der Waals surface area contributed by atoms with Crippen molar-refractivity contribution in [3.63, 3.8) is 0 Å². The lowest BCUT2D eigenvalue weighted by molar-refractivity contribution is 0.669. The molecule has 0 aliphatic rings. The van der Waals surface area contributed by atoms with Crippen LogP contribution in [0.15, 0.2) is 205 Å². The van der Waals surface area contributed by atoms with Gasteiger partial charge >= 0.3 is 0 Å². The molecule has 0 atom stereocenters. The van der Waals surface area contributed by atoms with Crippen LogP contribution in [-0.2, 0) is 0 Å². The molecule has 0 bridgehead atoms. The molecule has 0 saturated heterocycles. The average Bonchev–Trinajstić information content (AvgIpc) is 3.63. The molecule has 0 unspecified atom stereocenters. The maximum absolute atomic E-state index is 6.37. The Morgan fingerprint density at radius 1 is 0.296 bits per heavy atom. The van der Waals surface area contributed by atoms with Crippen molar-refractivity contribution in [1.82, 2.24) is 0 Å². The lowest BCUT2D eigenvalue weighted by Gasteiger charge is -2.27. The molecule has 0 aliphatic heterocycles. The minimum absolute atomic E-state index is 0.917. The van der Waals surface area contributed by atoms with Gasteiger partial charge in [-0.1, -0.05) is 146 Å². The molecular weight excluding hydrogens is 655 g/mol. The summed E-state index contributed by atoms with van der Waals surface area (Å²) >= 11 is 0. The van der Waals surface area contributed by atoms with Crippen LogP contribution in [0.2, 0.25) is 0 Å². The van der Waals surface area contributed by atoms with E-state index in [2.05, 4.69) is 199 Å². The van der Waals surface area contributed by atoms with Crippen LogP contribution in [0.5, 0.6) is 0 Å². The van der Waals surface area contributed by atoms with Crippen molar-refractivity contribution >= 4 is 82.1 Å². The molecule has 54 heavy (non-hydrogen) atoms. The maximum Gasteiger partial charge on any atom is 0.136 e. The van der Waals surface area contributed by atoms with E-state index in [1.54, 1.807) is 0 Å². The largest absolute Gasteiger partial charge is 0.456 e. The highest BCUT2D eigenvalue weighted by molar-refractivity contribution is 6.34. The monoisotopic (exact) mass is 687 g/mol. The topological polar surface area (TPSA) is 16.4 Å². The fraction of sp³-hybridized carbons (Fsp3) is 0. The molecule has 0 fully saturated rings. The minimum Gasteiger partial charge on any atom is -0.456 e. The molecule has 0 spiro atoms. The van der Waals surface area contributed by atoms with E-state index in [0.29, 0.717) is 0 Å². The van der Waals surface area contributed by atoms with Crippen molar-refractivity contribution in [2.45, 2.75) is 0 Å². The summed E-state index contributed by atoms with van der Waals surface area (Å²) in [4.78, 5) is 2.39. The standard InChI is InChI=1S/C52H33NO/c1-2-12-34(13-3-1)35-24-27-39(28-25-35)53(48-22-11-15-36-14-4-5-18-41(36)48)40-17-10-16-37(32-40)38-26-29-43-42-19-6-7-20-44(42)51-45(47(43)33-38)30-31-50-52(51)46-21-8-9-23-49(46)54-50/h1-33H. The Balaban J connectivity index is 1.11. The Bertz CT molecular complexity index is 3210. The third kappa shape index (κ3) is 4.81. The molecule has 10 aromatic carbocycles. The predicted molar refractivity (Wildman–Crippen MR) is 229 cm³/mol. The summed E-state index contributed by atoms with van der Waals surface area (Å²) < 4.78 is 6.37. The van der Waals surface area contributed by atoms with Crippen LogP contribution in [-0.4, -0.2) is 0 Å². The second kappa shape index (κ2) is 12.2. The number of rotatable bonds is 5. The van der Waals surface area contributed by atoms with Gasteiger partial charge in [-0.05, 0) is 109 Å². The molecule has 11 rings (SSSR count). The molecule has 0 aliphatic carbocycles. The Labute approximate surface area is 312 Å². The predicted octanol–water partition coefficient (Wildman–Crippen LogP) is 15.0. The Hall–Kier alpha value is -7.16. The van der Waals surface area contributed by atoms with E-state index >= 15 is 0 Å². The van der Waals surface area contributed by atoms with Gasteiger partial charge in [0.2, 0.25) is 0 Å². The number of anilines is 3. The van der Waals surface area contributed by atoms with Gasteiger partial charge in [-0.3, -0.25) is 0 Å². The van der Waals surface area contributed by atoms with Crippen molar-refractivity contribution in [3.8, 4) is 22.3 Å². The van der Waals surface area contributed by atoms with Crippen molar-refractivity contribution in [2.24, 2.45) is 0 Å². The summed E-state index contributed by atoms with van der Waals surface area (Å²) in [6, 6.07) is 72.3. The second-order valence-electron chi connectivity index (χ2n) is 14.1. The van der Waals surface area contributed by atoms with E-state index in [9.17, 15) is 0 Å². The zero-order valence-corrected chi connectivity index (χ0v) is 29.4. The van der Waals surface area contributed by atoms with Crippen molar-refractivity contribution in [1.29, 1.82) is 0 Å². The molecule has 0 amide bonds. The minimum atomic E-state index is 0.917. The van der Waals surface area contributed by atoms with E-state index < -0.39 is 0 Å². The fourth-order valence-corrected chi connectivity index (χ4v) is 8.53. The van der Waals surface area contributed by atoms with E-state index in [1.807, 2.05) is 6.07 Å². The van der Waals surface area contributed by atoms with Crippen LogP contribution in [0.4, 0.5) is 17.1 Å². The van der Waals surface area contributed by atoms with Crippen LogP contribution in [0, 0.1) is 0 Å². The van der Waals surface area contributed by atoms with Gasteiger partial charge in [-0.15, -0.1) is 0 Å². The van der Waals surface area contributed by atoms with Gasteiger partial charge in [0.1, 0.15) is 11.2 Å². The van der Waals surface area contributed by atoms with Gasteiger partial charge in [-0.25, -0.2) is 0 Å². The summed E-state index contributed by atoms with van der Waals surface area (Å²) in [7, 11) is 0. The van der Waals surface area contributed by atoms with Crippen LogP contribution < -0.4 is 4.90 Å². The normalized spacial score (nSPS) is 11.7. The van der Waals surface area contributed by atoms with Crippen molar-refractivity contribution in [2.75, 3.05) is 4.90 Å². The quantitative estimate of drug-likeness (QED) is 0.168. The highest BCUT2D eigenvalue weighted by Crippen LogP contribution is 2.45. The lowest BCUT2D eigenvalue weighted by atomic mass is 9.90. The van der Waals surface area contributed by atoms with Crippen molar-refractivity contribution in [3.05, 3.63) is 200 Å². The highest BCUT2D eigenvalue weighted by atomic mass is 16.3. The van der Waals surface area contributed by atoms with Crippen LogP contribution in [0.1, 0.15) is 0 Å². The molecule has 1 aromatic heterocycles. The van der Waals surface area contributed by atoms with E-state index in [0.717, 1.165) is 39.2 Å². The van der Waals surface area contributed by atoms with Crippen LogP contribution in [0.3, 0.4) is 0 Å². The van der Waals surface area contributed by atoms with Crippen LogP contribution >= 0.6 is 0 Å². The number of furan rings is 1. The highest BCUT2D eigenvalue weighted by Gasteiger charge is 2.19. The average molecular weight is 688 g/mol. The zero-order valence-electron chi connectivity index (χ0n) is 29.4. The molecule has 1 heterocycles. The van der Waals surface area contributed by atoms with E-state index in [4.69, 9.17) is 4.42 Å². The zero-order chi connectivity index (χ0) is 35.6. The number of nitrogens with zero attached hydrogens (tertiary/aromatic N) is 1. The Morgan fingerprint density at radius 2 is 0.889 bits per heavy atom. The number of benzene rings is 10. The third-order valence-electron chi connectivity index (χ3n) is 11.0. The summed E-state index contributed by atoms with van der Waals surface area (Å²) in [5.74, 6) is 0. The van der Waals surface area contributed by atoms with E-state index in [-0.39, 0.29) is 0 Å². The molecule has 252 valence electrons. The van der Waals surface area contributed by atoms with Gasteiger partial charge in [-0.2, -0.15) is 0 Å².